The van der Waals surface area contributed by atoms with Crippen molar-refractivity contribution in [1.82, 2.24) is 15.5 Å². The van der Waals surface area contributed by atoms with Gasteiger partial charge in [-0.05, 0) is 38.8 Å². The molecule has 1 saturated heterocycles. The first-order valence-corrected chi connectivity index (χ1v) is 10.4. The molecular formula is C22H31N3O7. The van der Waals surface area contributed by atoms with E-state index in [1.165, 1.54) is 45.4 Å². The fourth-order valence-electron chi connectivity index (χ4n) is 3.84. The van der Waals surface area contributed by atoms with Crippen LogP contribution in [-0.4, -0.2) is 75.4 Å². The third kappa shape index (κ3) is 5.12. The zero-order chi connectivity index (χ0) is 24.0. The number of nitrogens with one attached hydrogen (secondary N) is 2. The van der Waals surface area contributed by atoms with Crippen molar-refractivity contribution >= 4 is 23.5 Å². The summed E-state index contributed by atoms with van der Waals surface area (Å²) < 4.78 is 15.8. The van der Waals surface area contributed by atoms with E-state index in [0.29, 0.717) is 12.8 Å². The summed E-state index contributed by atoms with van der Waals surface area (Å²) >= 11 is 0. The predicted molar refractivity (Wildman–Crippen MR) is 116 cm³/mol. The van der Waals surface area contributed by atoms with E-state index in [9.17, 15) is 19.2 Å². The predicted octanol–water partition coefficient (Wildman–Crippen LogP) is 0.773. The van der Waals surface area contributed by atoms with Gasteiger partial charge in [-0.2, -0.15) is 0 Å². The van der Waals surface area contributed by atoms with E-state index in [1.807, 2.05) is 0 Å². The number of likely N-dealkylation sites (tertiary alicyclic amines) is 1. The smallest absolute Gasteiger partial charge is 0.295 e. The summed E-state index contributed by atoms with van der Waals surface area (Å²) in [6.07, 6.45) is 0.913. The van der Waals surface area contributed by atoms with Gasteiger partial charge in [0.2, 0.25) is 17.6 Å². The van der Waals surface area contributed by atoms with Crippen LogP contribution in [0, 0.1) is 5.92 Å². The third-order valence-corrected chi connectivity index (χ3v) is 5.30. The van der Waals surface area contributed by atoms with Crippen molar-refractivity contribution in [2.75, 3.05) is 34.9 Å². The highest BCUT2D eigenvalue weighted by Crippen LogP contribution is 2.38. The van der Waals surface area contributed by atoms with E-state index >= 15 is 0 Å². The zero-order valence-corrected chi connectivity index (χ0v) is 19.3. The van der Waals surface area contributed by atoms with Gasteiger partial charge >= 0.3 is 0 Å². The molecule has 2 rings (SSSR count). The summed E-state index contributed by atoms with van der Waals surface area (Å²) in [7, 11) is 5.70. The number of hydrogen-bond donors (Lipinski definition) is 2. The Morgan fingerprint density at radius 1 is 1.00 bits per heavy atom. The van der Waals surface area contributed by atoms with Crippen LogP contribution in [0.3, 0.4) is 0 Å². The molecule has 0 radical (unpaired) electrons. The number of ether oxygens (including phenoxy) is 3. The van der Waals surface area contributed by atoms with Gasteiger partial charge in [-0.15, -0.1) is 0 Å². The molecule has 1 heterocycles. The molecule has 2 atom stereocenters. The van der Waals surface area contributed by atoms with Crippen molar-refractivity contribution < 1.29 is 33.4 Å². The maximum absolute atomic E-state index is 13.3. The first-order valence-electron chi connectivity index (χ1n) is 10.4. The van der Waals surface area contributed by atoms with E-state index in [0.717, 1.165) is 0 Å². The largest absolute Gasteiger partial charge is 0.493 e. The average molecular weight is 450 g/mol. The normalized spacial score (nSPS) is 18.0. The topological polar surface area (TPSA) is 123 Å². The molecule has 0 spiro atoms. The Bertz CT molecular complexity index is 859. The second-order valence-electron chi connectivity index (χ2n) is 7.71. The van der Waals surface area contributed by atoms with Crippen molar-refractivity contribution in [2.24, 2.45) is 5.92 Å². The fraction of sp³-hybridized carbons (Fsp3) is 0.545. The molecule has 1 aliphatic rings. The number of hydrogen-bond acceptors (Lipinski definition) is 7. The number of Topliss-reactive ketones (excluding diaryl/α,β-unsaturated/α-hetero) is 1. The molecule has 1 aromatic rings. The minimum absolute atomic E-state index is 0.0228. The average Bonchev–Trinajstić information content (AvgIpc) is 2.80. The molecule has 10 heteroatoms. The second-order valence-corrected chi connectivity index (χ2v) is 7.71. The van der Waals surface area contributed by atoms with E-state index in [2.05, 4.69) is 10.6 Å². The Hall–Kier alpha value is -3.30. The highest BCUT2D eigenvalue weighted by Gasteiger charge is 2.44. The van der Waals surface area contributed by atoms with Crippen molar-refractivity contribution in [3.63, 3.8) is 0 Å². The van der Waals surface area contributed by atoms with Crippen molar-refractivity contribution in [2.45, 2.75) is 38.8 Å². The monoisotopic (exact) mass is 449 g/mol. The van der Waals surface area contributed by atoms with Gasteiger partial charge in [0.15, 0.2) is 11.5 Å². The summed E-state index contributed by atoms with van der Waals surface area (Å²) in [6, 6.07) is 1.47. The Balaban J connectivity index is 2.45. The van der Waals surface area contributed by atoms with Crippen molar-refractivity contribution in [3.8, 4) is 17.2 Å². The van der Waals surface area contributed by atoms with Gasteiger partial charge in [-0.1, -0.05) is 0 Å². The molecule has 1 fully saturated rings. The second kappa shape index (κ2) is 10.8. The van der Waals surface area contributed by atoms with E-state index in [-0.39, 0.29) is 41.3 Å². The summed E-state index contributed by atoms with van der Waals surface area (Å²) in [5.74, 6) is -2.58. The van der Waals surface area contributed by atoms with Crippen LogP contribution in [0.4, 0.5) is 0 Å². The molecule has 0 unspecified atom stereocenters. The minimum atomic E-state index is -1.09. The van der Waals surface area contributed by atoms with Gasteiger partial charge in [0, 0.05) is 25.2 Å². The van der Waals surface area contributed by atoms with Crippen LogP contribution in [0.15, 0.2) is 12.1 Å². The quantitative estimate of drug-likeness (QED) is 0.444. The third-order valence-electron chi connectivity index (χ3n) is 5.30. The maximum atomic E-state index is 13.3. The van der Waals surface area contributed by atoms with Gasteiger partial charge in [-0.3, -0.25) is 19.2 Å². The van der Waals surface area contributed by atoms with Crippen LogP contribution in [0.1, 0.15) is 37.0 Å². The minimum Gasteiger partial charge on any atom is -0.493 e. The molecular weight excluding hydrogens is 418 g/mol. The number of amides is 3. The Morgan fingerprint density at radius 3 is 2.06 bits per heavy atom. The number of methoxy groups -OCH3 is 3. The molecule has 10 nitrogen and oxygen atoms in total. The lowest BCUT2D eigenvalue weighted by atomic mass is 9.86. The number of carbonyl (C=O) groups excluding carboxylic acids is 4. The number of carbonyl (C=O) groups is 4. The molecule has 0 bridgehead atoms. The lowest BCUT2D eigenvalue weighted by Crippen LogP contribution is -2.60. The van der Waals surface area contributed by atoms with Gasteiger partial charge in [0.25, 0.3) is 11.7 Å². The molecule has 2 N–H and O–H groups in total. The van der Waals surface area contributed by atoms with Crippen LogP contribution < -0.4 is 24.8 Å². The number of piperidine rings is 1. The summed E-state index contributed by atoms with van der Waals surface area (Å²) in [4.78, 5) is 53.0. The molecule has 32 heavy (non-hydrogen) atoms. The van der Waals surface area contributed by atoms with Gasteiger partial charge in [0.1, 0.15) is 6.04 Å². The highest BCUT2D eigenvalue weighted by atomic mass is 16.5. The molecule has 0 saturated carbocycles. The number of benzene rings is 1. The lowest BCUT2D eigenvalue weighted by molar-refractivity contribution is -0.146. The van der Waals surface area contributed by atoms with E-state index in [4.69, 9.17) is 14.2 Å². The van der Waals surface area contributed by atoms with Gasteiger partial charge in [0.05, 0.1) is 27.2 Å². The van der Waals surface area contributed by atoms with Crippen molar-refractivity contribution in [1.29, 1.82) is 0 Å². The van der Waals surface area contributed by atoms with Gasteiger partial charge < -0.3 is 29.7 Å². The summed E-state index contributed by atoms with van der Waals surface area (Å²) in [5.41, 5.74) is 0.0228. The van der Waals surface area contributed by atoms with Crippen LogP contribution >= 0.6 is 0 Å². The first-order chi connectivity index (χ1) is 15.2. The fourth-order valence-corrected chi connectivity index (χ4v) is 3.84. The molecule has 176 valence electrons. The van der Waals surface area contributed by atoms with Crippen LogP contribution in [-0.2, 0) is 14.4 Å². The zero-order valence-electron chi connectivity index (χ0n) is 19.3. The van der Waals surface area contributed by atoms with E-state index in [1.54, 1.807) is 13.8 Å². The van der Waals surface area contributed by atoms with Crippen molar-refractivity contribution in [3.05, 3.63) is 17.7 Å². The molecule has 1 aliphatic heterocycles. The van der Waals surface area contributed by atoms with Crippen LogP contribution in [0.2, 0.25) is 0 Å². The molecule has 0 aliphatic carbocycles. The molecule has 1 aromatic carbocycles. The lowest BCUT2D eigenvalue weighted by Gasteiger charge is -2.39. The first kappa shape index (κ1) is 25.0. The number of ketones is 1. The number of nitrogens with zero attached hydrogens (tertiary/aromatic N) is 1. The Kier molecular flexibility index (Phi) is 8.45. The SMILES string of the molecule is CNC(=O)[C@@H]1CCCN(C(=O)C(=O)c2cc(OC)c(OC)c(OC)c2)[C@@H]1C(=O)NC(C)C. The Morgan fingerprint density at radius 2 is 1.59 bits per heavy atom. The summed E-state index contributed by atoms with van der Waals surface area (Å²) in [5, 5.41) is 5.30. The Labute approximate surface area is 187 Å². The molecule has 0 aromatic heterocycles. The van der Waals surface area contributed by atoms with Gasteiger partial charge in [-0.25, -0.2) is 0 Å². The summed E-state index contributed by atoms with van der Waals surface area (Å²) in [6.45, 7) is 3.74. The van der Waals surface area contributed by atoms with E-state index < -0.39 is 29.6 Å². The number of rotatable bonds is 8. The molecule has 3 amide bonds. The highest BCUT2D eigenvalue weighted by molar-refractivity contribution is 6.43. The maximum Gasteiger partial charge on any atom is 0.295 e. The van der Waals surface area contributed by atoms with Crippen LogP contribution in [0.25, 0.3) is 0 Å². The standard InChI is InChI=1S/C22H31N3O7/c1-12(2)24-21(28)17-14(20(27)23-3)8-7-9-25(17)22(29)18(26)13-10-15(30-4)19(32-6)16(11-13)31-5/h10-12,14,17H,7-9H2,1-6H3,(H,23,27)(H,24,28)/t14-,17+/m1/s1. The van der Waals surface area contributed by atoms with Crippen LogP contribution in [0.5, 0.6) is 17.2 Å².